The third-order valence-electron chi connectivity index (χ3n) is 0.129. The van der Waals surface area contributed by atoms with Crippen molar-refractivity contribution in [2.45, 2.75) is 0 Å². The van der Waals surface area contributed by atoms with Crippen LogP contribution in [0.4, 0.5) is 0 Å². The largest absolute Gasteiger partial charge is 0.369 e. The average molecular weight is 73.1 g/mol. The number of hydrogen-bond acceptors (Lipinski definition) is 1. The molecule has 0 aromatic heterocycles. The molecule has 0 atom stereocenters. The van der Waals surface area contributed by atoms with E-state index in [1.54, 1.807) is 0 Å². The minimum absolute atomic E-state index is 0.204. The molecule has 0 aromatic rings. The smallest absolute Gasteiger partial charge is 0.210 e. The van der Waals surface area contributed by atoms with Crippen LogP contribution in [-0.2, 0) is 0 Å². The number of guanidine groups is 1. The summed E-state index contributed by atoms with van der Waals surface area (Å²) in [5, 5.41) is 2.61. The molecule has 1 radical (unpaired) electrons. The van der Waals surface area contributed by atoms with Crippen molar-refractivity contribution in [3.05, 3.63) is 0 Å². The van der Waals surface area contributed by atoms with Gasteiger partial charge in [0.1, 0.15) is 0 Å². The molecule has 29 valence electrons. The van der Waals surface area contributed by atoms with E-state index < -0.39 is 0 Å². The zero-order valence-corrected chi connectivity index (χ0v) is 2.60. The molecule has 5 heavy (non-hydrogen) atoms. The third kappa shape index (κ3) is 3.07. The minimum atomic E-state index is -0.204. The van der Waals surface area contributed by atoms with Crippen LogP contribution in [0.1, 0.15) is 0 Å². The lowest BCUT2D eigenvalue weighted by Gasteiger charge is -1.75. The maximum atomic E-state index is 6.00. The van der Waals surface area contributed by atoms with E-state index in [2.05, 4.69) is 16.6 Å². The van der Waals surface area contributed by atoms with E-state index in [0.717, 1.165) is 0 Å². The fourth-order valence-corrected chi connectivity index (χ4v) is 0. The summed E-state index contributed by atoms with van der Waals surface area (Å²) in [4.78, 5) is 0. The molecule has 0 amide bonds. The number of hydrogen-bond donors (Lipinski definition) is 2. The van der Waals surface area contributed by atoms with Gasteiger partial charge in [-0.05, 0) is 0 Å². The second-order valence-corrected chi connectivity index (χ2v) is 0.537. The predicted octanol–water partition coefficient (Wildman–Crippen LogP) is -1.54. The van der Waals surface area contributed by atoms with Gasteiger partial charge in [0.2, 0.25) is 5.96 Å². The highest BCUT2D eigenvalue weighted by molar-refractivity contribution is 5.75. The molecule has 0 aliphatic rings. The number of nitrogens with two attached hydrogens (primary N) is 2. The fraction of sp³-hybridized carbons (Fsp3) is 0. The van der Waals surface area contributed by atoms with E-state index in [-0.39, 0.29) is 5.96 Å². The molecule has 0 aliphatic heterocycles. The van der Waals surface area contributed by atoms with Crippen molar-refractivity contribution in [3.8, 4) is 0 Å². The summed E-state index contributed by atoms with van der Waals surface area (Å²) in [6.07, 6.45) is 0. The summed E-state index contributed by atoms with van der Waals surface area (Å²) in [7, 11) is 0. The van der Waals surface area contributed by atoms with Gasteiger partial charge in [0.15, 0.2) is 0 Å². The highest BCUT2D eigenvalue weighted by atomic mass is 15.2. The zero-order valence-electron chi connectivity index (χ0n) is 2.60. The molecular formula is CH5N4. The van der Waals surface area contributed by atoms with Crippen LogP contribution in [0, 0.1) is 0 Å². The van der Waals surface area contributed by atoms with E-state index in [9.17, 15) is 0 Å². The molecule has 0 aliphatic carbocycles. The van der Waals surface area contributed by atoms with Crippen molar-refractivity contribution in [1.29, 1.82) is 0 Å². The Morgan fingerprint density at radius 1 is 1.60 bits per heavy atom. The van der Waals surface area contributed by atoms with Crippen LogP contribution in [0.2, 0.25) is 0 Å². The quantitative estimate of drug-likeness (QED) is 0.207. The molecule has 0 spiro atoms. The Morgan fingerprint density at radius 2 is 1.80 bits per heavy atom. The summed E-state index contributed by atoms with van der Waals surface area (Å²) in [6, 6.07) is 0. The first-order chi connectivity index (χ1) is 2.27. The summed E-state index contributed by atoms with van der Waals surface area (Å²) in [6.45, 7) is 0. The van der Waals surface area contributed by atoms with Crippen LogP contribution in [0.15, 0.2) is 5.10 Å². The number of rotatable bonds is 0. The molecule has 0 rings (SSSR count). The minimum Gasteiger partial charge on any atom is -0.369 e. The lowest BCUT2D eigenvalue weighted by molar-refractivity contribution is 1.16. The molecule has 4 heteroatoms. The van der Waals surface area contributed by atoms with Gasteiger partial charge in [-0.3, -0.25) is 0 Å². The van der Waals surface area contributed by atoms with Gasteiger partial charge in [-0.1, -0.05) is 0 Å². The molecule has 0 saturated heterocycles. The monoisotopic (exact) mass is 73.1 g/mol. The first-order valence-corrected chi connectivity index (χ1v) is 1.02. The van der Waals surface area contributed by atoms with Gasteiger partial charge in [-0.15, -0.1) is 5.10 Å². The van der Waals surface area contributed by atoms with Gasteiger partial charge >= 0.3 is 0 Å². The van der Waals surface area contributed by atoms with Crippen LogP contribution >= 0.6 is 0 Å². The van der Waals surface area contributed by atoms with Crippen molar-refractivity contribution >= 4 is 5.96 Å². The fourth-order valence-electron chi connectivity index (χ4n) is 0. The van der Waals surface area contributed by atoms with Crippen LogP contribution in [0.5, 0.6) is 0 Å². The maximum Gasteiger partial charge on any atom is 0.210 e. The Morgan fingerprint density at radius 3 is 1.80 bits per heavy atom. The molecule has 0 fully saturated rings. The summed E-state index contributed by atoms with van der Waals surface area (Å²) in [5.74, 6) is 5.79. The van der Waals surface area contributed by atoms with Crippen molar-refractivity contribution in [3.63, 3.8) is 0 Å². The normalized spacial score (nSPS) is 6.40. The molecular weight excluding hydrogens is 68.0 g/mol. The highest BCUT2D eigenvalue weighted by Gasteiger charge is 1.63. The van der Waals surface area contributed by atoms with Gasteiger partial charge in [-0.25, -0.2) is 5.84 Å². The third-order valence-corrected chi connectivity index (χ3v) is 0.129. The number of nitrogens with one attached hydrogen (secondary N) is 1. The van der Waals surface area contributed by atoms with Crippen LogP contribution in [-0.4, -0.2) is 5.96 Å². The predicted molar refractivity (Wildman–Crippen MR) is 18.9 cm³/mol. The van der Waals surface area contributed by atoms with Crippen molar-refractivity contribution in [2.24, 2.45) is 16.6 Å². The summed E-state index contributed by atoms with van der Waals surface area (Å²) >= 11 is 0. The Labute approximate surface area is 29.6 Å². The number of nitrogens with zero attached hydrogens (tertiary/aromatic N) is 1. The van der Waals surface area contributed by atoms with Crippen LogP contribution in [0.25, 0.3) is 0 Å². The summed E-state index contributed by atoms with van der Waals surface area (Å²) in [5.41, 5.74) is 9.26. The molecule has 0 unspecified atom stereocenters. The van der Waals surface area contributed by atoms with Gasteiger partial charge in [-0.2, -0.15) is 0 Å². The molecule has 0 heterocycles. The van der Waals surface area contributed by atoms with E-state index in [4.69, 9.17) is 5.84 Å². The second-order valence-electron chi connectivity index (χ2n) is 0.537. The van der Waals surface area contributed by atoms with Crippen molar-refractivity contribution in [1.82, 2.24) is 5.84 Å². The molecule has 5 N–H and O–H groups in total. The van der Waals surface area contributed by atoms with E-state index >= 15 is 0 Å². The second kappa shape index (κ2) is 1.40. The van der Waals surface area contributed by atoms with E-state index in [1.807, 2.05) is 0 Å². The average Bonchev–Trinajstić information content (AvgIpc) is 1.38. The Balaban J connectivity index is 3.14. The van der Waals surface area contributed by atoms with Crippen molar-refractivity contribution < 1.29 is 0 Å². The Kier molecular flexibility index (Phi) is 1.14. The molecule has 0 aromatic carbocycles. The molecule has 0 saturated carbocycles. The highest BCUT2D eigenvalue weighted by Crippen LogP contribution is 1.36. The standard InChI is InChI=1S/CH5N4/c2-1(3)5-4/h4H,(H4,2,3,5). The lowest BCUT2D eigenvalue weighted by atomic mass is 11.1. The van der Waals surface area contributed by atoms with E-state index in [0.29, 0.717) is 0 Å². The SMILES string of the molecule is [NH]N=C(N)N. The molecule has 0 bridgehead atoms. The zero-order chi connectivity index (χ0) is 4.28. The molecule has 4 nitrogen and oxygen atoms in total. The Bertz CT molecular complexity index is 41.6. The van der Waals surface area contributed by atoms with Gasteiger partial charge in [0.05, 0.1) is 0 Å². The lowest BCUT2D eigenvalue weighted by Crippen LogP contribution is -2.22. The van der Waals surface area contributed by atoms with E-state index in [1.165, 1.54) is 0 Å². The van der Waals surface area contributed by atoms with Gasteiger partial charge < -0.3 is 11.5 Å². The maximum absolute atomic E-state index is 6.00. The van der Waals surface area contributed by atoms with Crippen molar-refractivity contribution in [2.75, 3.05) is 0 Å². The van der Waals surface area contributed by atoms with Gasteiger partial charge in [0.25, 0.3) is 0 Å². The van der Waals surface area contributed by atoms with Crippen LogP contribution in [0.3, 0.4) is 0 Å². The van der Waals surface area contributed by atoms with Crippen LogP contribution < -0.4 is 17.3 Å². The Hall–Kier alpha value is -0.930. The summed E-state index contributed by atoms with van der Waals surface area (Å²) < 4.78 is 0. The topological polar surface area (TPSA) is 88.2 Å². The first-order valence-electron chi connectivity index (χ1n) is 1.02. The van der Waals surface area contributed by atoms with Gasteiger partial charge in [0, 0.05) is 0 Å². The first kappa shape index (κ1) is 4.07.